The van der Waals surface area contributed by atoms with Crippen LogP contribution >= 0.6 is 0 Å². The molecule has 80 valence electrons. The largest absolute Gasteiger partial charge is 0.442 e. The van der Waals surface area contributed by atoms with E-state index in [0.29, 0.717) is 0 Å². The van der Waals surface area contributed by atoms with E-state index in [1.54, 1.807) is 6.20 Å². The number of nitrogens with one attached hydrogen (secondary N) is 1. The van der Waals surface area contributed by atoms with Crippen LogP contribution in [0, 0.1) is 0 Å². The number of hydrogen-bond donors (Lipinski definition) is 1. The van der Waals surface area contributed by atoms with Gasteiger partial charge in [-0.15, -0.1) is 0 Å². The third-order valence-electron chi connectivity index (χ3n) is 2.17. The van der Waals surface area contributed by atoms with Crippen molar-refractivity contribution in [2.75, 3.05) is 14.1 Å². The molecule has 4 nitrogen and oxygen atoms in total. The molecule has 0 fully saturated rings. The third-order valence-corrected chi connectivity index (χ3v) is 2.17. The fraction of sp³-hybridized carbons (Fsp3) is 0.300. The van der Waals surface area contributed by atoms with Gasteiger partial charge in [0.1, 0.15) is 0 Å². The Bertz CT molecular complexity index is 393. The number of rotatable bonds is 3. The zero-order valence-electron chi connectivity index (χ0n) is 8.77. The van der Waals surface area contributed by atoms with Crippen LogP contribution < -0.4 is 10.4 Å². The van der Waals surface area contributed by atoms with Crippen LogP contribution in [0.3, 0.4) is 0 Å². The van der Waals surface area contributed by atoms with Crippen molar-refractivity contribution in [2.45, 2.75) is 6.54 Å². The quantitative estimate of drug-likeness (QED) is 0.807. The molecule has 1 N–H and O–H groups in total. The van der Waals surface area contributed by atoms with Crippen molar-refractivity contribution < 1.29 is 21.1 Å². The van der Waals surface area contributed by atoms with E-state index in [1.165, 1.54) is 0 Å². The van der Waals surface area contributed by atoms with E-state index in [1.807, 2.05) is 31.2 Å². The van der Waals surface area contributed by atoms with E-state index < -0.39 is 0 Å². The molecule has 0 aliphatic rings. The van der Waals surface area contributed by atoms with E-state index in [4.69, 9.17) is 0 Å². The van der Waals surface area contributed by atoms with E-state index in [-0.39, 0.29) is 21.1 Å². The molecule has 2 aromatic heterocycles. The van der Waals surface area contributed by atoms with Gasteiger partial charge in [0.2, 0.25) is 0 Å². The Kier molecular flexibility index (Phi) is 4.45. The average molecular weight is 373 g/mol. The van der Waals surface area contributed by atoms with E-state index in [2.05, 4.69) is 21.5 Å². The summed E-state index contributed by atoms with van der Waals surface area (Å²) in [6, 6.07) is 6.02. The first-order chi connectivity index (χ1) is 6.79. The zero-order valence-corrected chi connectivity index (χ0v) is 11.7. The Balaban J connectivity index is 0.00000112. The van der Waals surface area contributed by atoms with Crippen LogP contribution in [-0.2, 0) is 27.6 Å². The second-order valence-electron chi connectivity index (χ2n) is 3.24. The molecule has 5 heteroatoms. The molecule has 0 saturated carbocycles. The molecule has 15 heavy (non-hydrogen) atoms. The van der Waals surface area contributed by atoms with Crippen LogP contribution in [0.1, 0.15) is 5.69 Å². The van der Waals surface area contributed by atoms with Gasteiger partial charge in [-0.05, 0) is 18.1 Å². The van der Waals surface area contributed by atoms with Gasteiger partial charge in [-0.25, -0.2) is 5.01 Å². The molecular weight excluding hydrogens is 360 g/mol. The average Bonchev–Trinajstić information content (AvgIpc) is 2.59. The van der Waals surface area contributed by atoms with Crippen molar-refractivity contribution >= 4 is 11.0 Å². The van der Waals surface area contributed by atoms with E-state index >= 15 is 0 Å². The van der Waals surface area contributed by atoms with Crippen molar-refractivity contribution in [3.8, 4) is 0 Å². The van der Waals surface area contributed by atoms with Gasteiger partial charge in [-0.1, -0.05) is 30.0 Å². The molecule has 2 aromatic rings. The van der Waals surface area contributed by atoms with Gasteiger partial charge in [0, 0.05) is 34.7 Å². The minimum Gasteiger partial charge on any atom is -0.442 e. The summed E-state index contributed by atoms with van der Waals surface area (Å²) in [6.07, 6.45) is 1.76. The molecule has 0 atom stereocenters. The fourth-order valence-corrected chi connectivity index (χ4v) is 1.37. The second kappa shape index (κ2) is 5.40. The molecule has 0 saturated heterocycles. The number of hydrazine groups is 1. The number of pyridine rings is 1. The van der Waals surface area contributed by atoms with Crippen molar-refractivity contribution in [1.29, 1.82) is 0 Å². The van der Waals surface area contributed by atoms with Crippen LogP contribution in [0.5, 0.6) is 0 Å². The minimum atomic E-state index is 0. The van der Waals surface area contributed by atoms with Crippen molar-refractivity contribution in [2.24, 2.45) is 0 Å². The molecule has 0 aliphatic heterocycles. The normalized spacial score (nSPS) is 10.6. The van der Waals surface area contributed by atoms with Gasteiger partial charge in [0.05, 0.1) is 0 Å². The molecule has 0 aromatic carbocycles. The molecule has 0 bridgehead atoms. The van der Waals surface area contributed by atoms with Crippen LogP contribution in [0.4, 0.5) is 0 Å². The van der Waals surface area contributed by atoms with E-state index in [0.717, 1.165) is 23.3 Å². The van der Waals surface area contributed by atoms with Crippen LogP contribution in [-0.4, -0.2) is 24.1 Å². The number of aromatic nitrogens is 2. The first kappa shape index (κ1) is 12.4. The Morgan fingerprint density at radius 1 is 1.53 bits per heavy atom. The van der Waals surface area contributed by atoms with Gasteiger partial charge in [0.25, 0.3) is 0 Å². The Labute approximate surface area is 103 Å². The molecule has 0 radical (unpaired) electrons. The van der Waals surface area contributed by atoms with Crippen LogP contribution in [0.25, 0.3) is 11.0 Å². The molecule has 0 aliphatic carbocycles. The summed E-state index contributed by atoms with van der Waals surface area (Å²) in [5, 5.41) is 3.08. The molecule has 2 rings (SSSR count). The number of hydrogen-bond acceptors (Lipinski definition) is 3. The van der Waals surface area contributed by atoms with Gasteiger partial charge in [-0.2, -0.15) is 0 Å². The number of fused-ring (bicyclic) bond motifs is 1. The topological polar surface area (TPSA) is 42.3 Å². The summed E-state index contributed by atoms with van der Waals surface area (Å²) in [5.74, 6) is 0. The van der Waals surface area contributed by atoms with Crippen molar-refractivity contribution in [3.63, 3.8) is 0 Å². The number of nitrogens with zero attached hydrogens (tertiary/aromatic N) is 3. The first-order valence-corrected chi connectivity index (χ1v) is 4.55. The van der Waals surface area contributed by atoms with Gasteiger partial charge in [0.15, 0.2) is 0 Å². The SMILES string of the molecule is CNN(C)Cc1cc2cccnc2[n-]1.[W]. The molecule has 0 spiro atoms. The fourth-order valence-electron chi connectivity index (χ4n) is 1.37. The molecular formula is C10H13N4W-. The zero-order chi connectivity index (χ0) is 9.97. The predicted octanol–water partition coefficient (Wildman–Crippen LogP) is 0.756. The maximum Gasteiger partial charge on any atom is 0.0340 e. The Morgan fingerprint density at radius 2 is 2.33 bits per heavy atom. The van der Waals surface area contributed by atoms with Crippen molar-refractivity contribution in [3.05, 3.63) is 30.1 Å². The van der Waals surface area contributed by atoms with Crippen LogP contribution in [0.2, 0.25) is 0 Å². The first-order valence-electron chi connectivity index (χ1n) is 4.55. The van der Waals surface area contributed by atoms with E-state index in [9.17, 15) is 0 Å². The predicted molar refractivity (Wildman–Crippen MR) is 55.6 cm³/mol. The van der Waals surface area contributed by atoms with Gasteiger partial charge in [-0.3, -0.25) is 5.43 Å². The molecule has 2 heterocycles. The summed E-state index contributed by atoms with van der Waals surface area (Å²) in [6.45, 7) is 0.785. The second-order valence-corrected chi connectivity index (χ2v) is 3.24. The van der Waals surface area contributed by atoms with Gasteiger partial charge < -0.3 is 9.97 Å². The summed E-state index contributed by atoms with van der Waals surface area (Å²) < 4.78 is 0. The summed E-state index contributed by atoms with van der Waals surface area (Å²) in [7, 11) is 3.87. The molecule has 0 amide bonds. The van der Waals surface area contributed by atoms with Crippen LogP contribution in [0.15, 0.2) is 24.4 Å². The van der Waals surface area contributed by atoms with Crippen molar-refractivity contribution in [1.82, 2.24) is 20.4 Å². The standard InChI is InChI=1S/C10H13N4.W/c1-11-14(2)7-9-6-8-4-3-5-12-10(8)13-9;/h3-6,11H,7H2,1-2H3;/q-1;. The summed E-state index contributed by atoms with van der Waals surface area (Å²) >= 11 is 0. The maximum absolute atomic E-state index is 4.41. The van der Waals surface area contributed by atoms with Gasteiger partial charge >= 0.3 is 0 Å². The Morgan fingerprint density at radius 3 is 3.00 bits per heavy atom. The summed E-state index contributed by atoms with van der Waals surface area (Å²) in [4.78, 5) is 8.59. The summed E-state index contributed by atoms with van der Waals surface area (Å²) in [5.41, 5.74) is 4.89. The molecule has 0 unspecified atom stereocenters. The third kappa shape index (κ3) is 2.88. The maximum atomic E-state index is 4.41. The Hall–Kier alpha value is -0.702. The minimum absolute atomic E-state index is 0. The monoisotopic (exact) mass is 373 g/mol. The smallest absolute Gasteiger partial charge is 0.0340 e.